The van der Waals surface area contributed by atoms with Crippen molar-refractivity contribution in [2.75, 3.05) is 20.2 Å². The van der Waals surface area contributed by atoms with Gasteiger partial charge in [0.05, 0.1) is 0 Å². The van der Waals surface area contributed by atoms with Gasteiger partial charge in [-0.1, -0.05) is 22.0 Å². The summed E-state index contributed by atoms with van der Waals surface area (Å²) in [7, 11) is 2.16. The van der Waals surface area contributed by atoms with E-state index >= 15 is 0 Å². The Labute approximate surface area is 111 Å². The monoisotopic (exact) mass is 298 g/mol. The molecule has 0 aliphatic heterocycles. The molecule has 0 saturated heterocycles. The number of likely N-dealkylation sites (N-methyl/N-ethyl adjacent to an activating group) is 1. The first-order valence-electron chi connectivity index (χ1n) is 6.02. The molecule has 2 N–H and O–H groups in total. The third kappa shape index (κ3) is 3.69. The molecule has 94 valence electrons. The Kier molecular flexibility index (Phi) is 4.42. The summed E-state index contributed by atoms with van der Waals surface area (Å²) in [6.45, 7) is 2.27. The molecule has 17 heavy (non-hydrogen) atoms. The van der Waals surface area contributed by atoms with Crippen LogP contribution in [-0.4, -0.2) is 31.1 Å². The maximum atomic E-state index is 5.72. The highest BCUT2D eigenvalue weighted by molar-refractivity contribution is 9.10. The van der Waals surface area contributed by atoms with Crippen LogP contribution in [0.2, 0.25) is 0 Å². The fourth-order valence-electron chi connectivity index (χ4n) is 1.79. The molecule has 1 aromatic carbocycles. The lowest BCUT2D eigenvalue weighted by atomic mass is 10.2. The minimum atomic E-state index is 0.547. The summed E-state index contributed by atoms with van der Waals surface area (Å²) in [5, 5.41) is 0. The normalized spacial score (nSPS) is 15.3. The zero-order valence-electron chi connectivity index (χ0n) is 10.2. The van der Waals surface area contributed by atoms with Crippen LogP contribution in [0.1, 0.15) is 18.4 Å². The van der Waals surface area contributed by atoms with Gasteiger partial charge in [0.25, 0.3) is 0 Å². The summed E-state index contributed by atoms with van der Waals surface area (Å²) in [5.74, 6) is 0.901. The molecule has 0 unspecified atom stereocenters. The molecule has 1 fully saturated rings. The maximum Gasteiger partial charge on any atom is 0.120 e. The molecule has 0 radical (unpaired) electrons. The van der Waals surface area contributed by atoms with Crippen LogP contribution < -0.4 is 10.5 Å². The van der Waals surface area contributed by atoms with Gasteiger partial charge >= 0.3 is 0 Å². The number of benzene rings is 1. The molecule has 0 aromatic heterocycles. The number of ether oxygens (including phenoxy) is 1. The number of nitrogens with zero attached hydrogens (tertiary/aromatic N) is 1. The van der Waals surface area contributed by atoms with Crippen LogP contribution in [0.15, 0.2) is 22.7 Å². The van der Waals surface area contributed by atoms with Gasteiger partial charge in [-0.25, -0.2) is 0 Å². The van der Waals surface area contributed by atoms with E-state index in [1.807, 2.05) is 18.2 Å². The maximum absolute atomic E-state index is 5.72. The summed E-state index contributed by atoms with van der Waals surface area (Å²) in [5.41, 5.74) is 6.71. The fraction of sp³-hybridized carbons (Fsp3) is 0.538. The van der Waals surface area contributed by atoms with Crippen LogP contribution in [0.25, 0.3) is 0 Å². The van der Waals surface area contributed by atoms with Gasteiger partial charge < -0.3 is 15.4 Å². The minimum Gasteiger partial charge on any atom is -0.492 e. The van der Waals surface area contributed by atoms with Crippen molar-refractivity contribution in [2.24, 2.45) is 5.73 Å². The third-order valence-electron chi connectivity index (χ3n) is 3.13. The highest BCUT2D eigenvalue weighted by atomic mass is 79.9. The number of hydrogen-bond donors (Lipinski definition) is 1. The molecule has 1 aliphatic rings. The summed E-state index contributed by atoms with van der Waals surface area (Å²) in [4.78, 5) is 2.36. The van der Waals surface area contributed by atoms with Crippen LogP contribution in [0.5, 0.6) is 5.75 Å². The molecular weight excluding hydrogens is 280 g/mol. The molecule has 1 saturated carbocycles. The Hall–Kier alpha value is -0.580. The van der Waals surface area contributed by atoms with Crippen molar-refractivity contribution in [3.05, 3.63) is 28.2 Å². The number of halogens is 1. The molecule has 0 bridgehead atoms. The van der Waals surface area contributed by atoms with E-state index in [4.69, 9.17) is 10.5 Å². The molecule has 0 spiro atoms. The molecule has 0 atom stereocenters. The van der Waals surface area contributed by atoms with E-state index in [1.54, 1.807) is 0 Å². The quantitative estimate of drug-likeness (QED) is 0.876. The molecule has 1 aliphatic carbocycles. The van der Waals surface area contributed by atoms with Crippen LogP contribution in [-0.2, 0) is 6.54 Å². The van der Waals surface area contributed by atoms with Crippen molar-refractivity contribution in [3.63, 3.8) is 0 Å². The second kappa shape index (κ2) is 5.85. The van der Waals surface area contributed by atoms with E-state index in [1.165, 1.54) is 12.8 Å². The van der Waals surface area contributed by atoms with Crippen LogP contribution in [0, 0.1) is 0 Å². The van der Waals surface area contributed by atoms with Crippen molar-refractivity contribution in [1.82, 2.24) is 4.90 Å². The fourth-order valence-corrected chi connectivity index (χ4v) is 2.31. The van der Waals surface area contributed by atoms with Crippen LogP contribution >= 0.6 is 15.9 Å². The van der Waals surface area contributed by atoms with Gasteiger partial charge in [-0.15, -0.1) is 0 Å². The number of nitrogens with two attached hydrogens (primary N) is 1. The van der Waals surface area contributed by atoms with Crippen molar-refractivity contribution in [1.29, 1.82) is 0 Å². The summed E-state index contributed by atoms with van der Waals surface area (Å²) >= 11 is 3.49. The first-order chi connectivity index (χ1) is 8.20. The van der Waals surface area contributed by atoms with Gasteiger partial charge in [-0.2, -0.15) is 0 Å². The highest BCUT2D eigenvalue weighted by Crippen LogP contribution is 2.25. The summed E-state index contributed by atoms with van der Waals surface area (Å²) in [6, 6.07) is 6.76. The molecule has 0 heterocycles. The number of rotatable bonds is 6. The lowest BCUT2D eigenvalue weighted by molar-refractivity contribution is 0.232. The SMILES string of the molecule is CN(CCOc1ccc(CN)c(Br)c1)C1CC1. The van der Waals surface area contributed by atoms with Gasteiger partial charge in [0, 0.05) is 23.6 Å². The average molecular weight is 299 g/mol. The Morgan fingerprint density at radius 3 is 2.82 bits per heavy atom. The first-order valence-corrected chi connectivity index (χ1v) is 6.81. The topological polar surface area (TPSA) is 38.5 Å². The lowest BCUT2D eigenvalue weighted by Gasteiger charge is -2.16. The van der Waals surface area contributed by atoms with E-state index in [0.717, 1.165) is 35.0 Å². The van der Waals surface area contributed by atoms with Gasteiger partial charge in [0.2, 0.25) is 0 Å². The summed E-state index contributed by atoms with van der Waals surface area (Å²) in [6.07, 6.45) is 2.68. The second-order valence-corrected chi connectivity index (χ2v) is 5.37. The van der Waals surface area contributed by atoms with Crippen molar-refractivity contribution < 1.29 is 4.74 Å². The van der Waals surface area contributed by atoms with Crippen LogP contribution in [0.3, 0.4) is 0 Å². The predicted molar refractivity (Wildman–Crippen MR) is 73.2 cm³/mol. The standard InChI is InChI=1S/C13H19BrN2O/c1-16(11-3-4-11)6-7-17-12-5-2-10(9-15)13(14)8-12/h2,5,8,11H,3-4,6-7,9,15H2,1H3. The summed E-state index contributed by atoms with van der Waals surface area (Å²) < 4.78 is 6.74. The van der Waals surface area contributed by atoms with E-state index in [9.17, 15) is 0 Å². The smallest absolute Gasteiger partial charge is 0.120 e. The van der Waals surface area contributed by atoms with Crippen molar-refractivity contribution in [3.8, 4) is 5.75 Å². The van der Waals surface area contributed by atoms with Crippen LogP contribution in [0.4, 0.5) is 0 Å². The lowest BCUT2D eigenvalue weighted by Crippen LogP contribution is -2.26. The molecule has 3 nitrogen and oxygen atoms in total. The van der Waals surface area contributed by atoms with Crippen molar-refractivity contribution >= 4 is 15.9 Å². The predicted octanol–water partition coefficient (Wildman–Crippen LogP) is 2.38. The zero-order valence-corrected chi connectivity index (χ0v) is 11.7. The Balaban J connectivity index is 1.80. The Morgan fingerprint density at radius 1 is 1.47 bits per heavy atom. The van der Waals surface area contributed by atoms with Gasteiger partial charge in [-0.3, -0.25) is 0 Å². The highest BCUT2D eigenvalue weighted by Gasteiger charge is 2.25. The average Bonchev–Trinajstić information content (AvgIpc) is 3.13. The Bertz CT molecular complexity index is 380. The zero-order chi connectivity index (χ0) is 12.3. The third-order valence-corrected chi connectivity index (χ3v) is 3.87. The largest absolute Gasteiger partial charge is 0.492 e. The molecule has 4 heteroatoms. The van der Waals surface area contributed by atoms with Gasteiger partial charge in [0.1, 0.15) is 12.4 Å². The van der Waals surface area contributed by atoms with E-state index < -0.39 is 0 Å². The van der Waals surface area contributed by atoms with Crippen molar-refractivity contribution in [2.45, 2.75) is 25.4 Å². The molecule has 0 amide bonds. The number of hydrogen-bond acceptors (Lipinski definition) is 3. The minimum absolute atomic E-state index is 0.547. The first kappa shape index (κ1) is 12.9. The molecular formula is C13H19BrN2O. The van der Waals surface area contributed by atoms with Gasteiger partial charge in [0.15, 0.2) is 0 Å². The van der Waals surface area contributed by atoms with Gasteiger partial charge in [-0.05, 0) is 37.6 Å². The van der Waals surface area contributed by atoms with E-state index in [-0.39, 0.29) is 0 Å². The molecule has 1 aromatic rings. The van der Waals surface area contributed by atoms with E-state index in [0.29, 0.717) is 6.54 Å². The Morgan fingerprint density at radius 2 is 2.24 bits per heavy atom. The molecule has 2 rings (SSSR count). The second-order valence-electron chi connectivity index (χ2n) is 4.52. The van der Waals surface area contributed by atoms with E-state index in [2.05, 4.69) is 27.9 Å².